The number of halogens is 1. The van der Waals surface area contributed by atoms with Crippen molar-refractivity contribution < 1.29 is 27.5 Å². The van der Waals surface area contributed by atoms with Crippen molar-refractivity contribution >= 4 is 39.2 Å². The van der Waals surface area contributed by atoms with E-state index in [9.17, 15) is 18.0 Å². The van der Waals surface area contributed by atoms with E-state index in [2.05, 4.69) is 5.32 Å². The third-order valence-electron chi connectivity index (χ3n) is 5.37. The Morgan fingerprint density at radius 3 is 2.36 bits per heavy atom. The monoisotopic (exact) mass is 494 g/mol. The van der Waals surface area contributed by atoms with Gasteiger partial charge in [0.05, 0.1) is 23.4 Å². The summed E-state index contributed by atoms with van der Waals surface area (Å²) >= 11 is 6.04. The molecule has 0 saturated carbocycles. The van der Waals surface area contributed by atoms with Gasteiger partial charge >= 0.3 is 5.97 Å². The summed E-state index contributed by atoms with van der Waals surface area (Å²) in [4.78, 5) is 25.0. The van der Waals surface area contributed by atoms with Gasteiger partial charge in [-0.15, -0.1) is 0 Å². The maximum atomic E-state index is 13.3. The zero-order valence-corrected chi connectivity index (χ0v) is 20.1. The molecule has 1 heterocycles. The molecule has 1 atom stereocenters. The van der Waals surface area contributed by atoms with Gasteiger partial charge in [-0.05, 0) is 50.1 Å². The van der Waals surface area contributed by atoms with Gasteiger partial charge in [-0.2, -0.15) is 4.31 Å². The second-order valence-corrected chi connectivity index (χ2v) is 10.0. The average Bonchev–Trinajstić information content (AvgIpc) is 3.10. The van der Waals surface area contributed by atoms with Crippen molar-refractivity contribution in [3.8, 4) is 5.75 Å². The molecule has 8 nitrogen and oxygen atoms in total. The molecular formula is C23H27ClN2O6S. The number of hydrogen-bond acceptors (Lipinski definition) is 6. The van der Waals surface area contributed by atoms with Crippen LogP contribution in [-0.4, -0.2) is 50.9 Å². The fourth-order valence-electron chi connectivity index (χ4n) is 3.51. The molecule has 1 aliphatic rings. The highest BCUT2D eigenvalue weighted by Gasteiger charge is 2.30. The highest BCUT2D eigenvalue weighted by Crippen LogP contribution is 2.30. The molecule has 0 radical (unpaired) electrons. The maximum absolute atomic E-state index is 13.3. The number of esters is 1. The summed E-state index contributed by atoms with van der Waals surface area (Å²) < 4.78 is 38.5. The molecule has 0 spiro atoms. The predicted octanol–water partition coefficient (Wildman–Crippen LogP) is 4.10. The highest BCUT2D eigenvalue weighted by molar-refractivity contribution is 7.89. The van der Waals surface area contributed by atoms with Crippen LogP contribution in [0.1, 0.15) is 43.0 Å². The molecule has 10 heteroatoms. The molecule has 0 aromatic heterocycles. The number of rotatable bonds is 7. The van der Waals surface area contributed by atoms with Crippen molar-refractivity contribution in [2.75, 3.05) is 25.5 Å². The Kier molecular flexibility index (Phi) is 8.34. The topological polar surface area (TPSA) is 102 Å². The first-order valence-electron chi connectivity index (χ1n) is 10.7. The molecule has 2 aromatic rings. The normalized spacial score (nSPS) is 15.8. The molecular weight excluding hydrogens is 468 g/mol. The number of ether oxygens (including phenoxy) is 2. The second-order valence-electron chi connectivity index (χ2n) is 7.70. The standard InChI is InChI=1S/C23H27ClN2O6S/c1-16(22(27)25-19-10-6-5-9-18(19)24)32-23(28)17-11-12-20(31-2)21(15-17)33(29,30)26-13-7-3-4-8-14-26/h5-6,9-12,15-16H,3-4,7-8,13-14H2,1-2H3,(H,25,27). The van der Waals surface area contributed by atoms with Crippen molar-refractivity contribution in [3.63, 3.8) is 0 Å². The number of hydrogen-bond donors (Lipinski definition) is 1. The fraction of sp³-hybridized carbons (Fsp3) is 0.391. The maximum Gasteiger partial charge on any atom is 0.338 e. The Bertz CT molecular complexity index is 1110. The average molecular weight is 495 g/mol. The summed E-state index contributed by atoms with van der Waals surface area (Å²) in [6.45, 7) is 2.25. The molecule has 0 bridgehead atoms. The number of para-hydroxylation sites is 1. The molecule has 33 heavy (non-hydrogen) atoms. The minimum absolute atomic E-state index is 0.00147. The van der Waals surface area contributed by atoms with Crippen molar-refractivity contribution in [2.24, 2.45) is 0 Å². The van der Waals surface area contributed by atoms with E-state index in [1.54, 1.807) is 24.3 Å². The van der Waals surface area contributed by atoms with E-state index in [4.69, 9.17) is 21.1 Å². The van der Waals surface area contributed by atoms with E-state index in [0.717, 1.165) is 25.7 Å². The van der Waals surface area contributed by atoms with Crippen molar-refractivity contribution in [1.82, 2.24) is 4.31 Å². The molecule has 1 aliphatic heterocycles. The van der Waals surface area contributed by atoms with E-state index in [1.807, 2.05) is 0 Å². The molecule has 1 fully saturated rings. The third-order valence-corrected chi connectivity index (χ3v) is 7.62. The van der Waals surface area contributed by atoms with Crippen LogP contribution in [0.4, 0.5) is 5.69 Å². The number of amides is 1. The number of carbonyl (C=O) groups excluding carboxylic acids is 2. The van der Waals surface area contributed by atoms with Crippen LogP contribution >= 0.6 is 11.6 Å². The first-order valence-corrected chi connectivity index (χ1v) is 12.5. The molecule has 1 amide bonds. The van der Waals surface area contributed by atoms with Gasteiger partial charge in [-0.1, -0.05) is 36.6 Å². The number of benzene rings is 2. The minimum atomic E-state index is -3.87. The number of nitrogens with zero attached hydrogens (tertiary/aromatic N) is 1. The summed E-state index contributed by atoms with van der Waals surface area (Å²) in [5, 5.41) is 2.95. The lowest BCUT2D eigenvalue weighted by atomic mass is 10.2. The zero-order chi connectivity index (χ0) is 24.0. The summed E-state index contributed by atoms with van der Waals surface area (Å²) in [6.07, 6.45) is 2.37. The fourth-order valence-corrected chi connectivity index (χ4v) is 5.39. The molecule has 178 valence electrons. The largest absolute Gasteiger partial charge is 0.495 e. The lowest BCUT2D eigenvalue weighted by molar-refractivity contribution is -0.123. The van der Waals surface area contributed by atoms with Gasteiger partial charge in [0.15, 0.2) is 6.10 Å². The predicted molar refractivity (Wildman–Crippen MR) is 125 cm³/mol. The zero-order valence-electron chi connectivity index (χ0n) is 18.5. The first kappa shape index (κ1) is 25.0. The lowest BCUT2D eigenvalue weighted by Crippen LogP contribution is -2.32. The lowest BCUT2D eigenvalue weighted by Gasteiger charge is -2.21. The smallest absolute Gasteiger partial charge is 0.338 e. The number of anilines is 1. The quantitative estimate of drug-likeness (QED) is 0.581. The number of nitrogens with one attached hydrogen (secondary N) is 1. The van der Waals surface area contributed by atoms with Gasteiger partial charge in [0.2, 0.25) is 10.0 Å². The molecule has 3 rings (SSSR count). The van der Waals surface area contributed by atoms with Crippen LogP contribution in [0.3, 0.4) is 0 Å². The number of methoxy groups -OCH3 is 1. The van der Waals surface area contributed by atoms with Crippen molar-refractivity contribution in [2.45, 2.75) is 43.6 Å². The first-order chi connectivity index (χ1) is 15.7. The van der Waals surface area contributed by atoms with Crippen LogP contribution in [0, 0.1) is 0 Å². The highest BCUT2D eigenvalue weighted by atomic mass is 35.5. The van der Waals surface area contributed by atoms with E-state index in [1.165, 1.54) is 36.5 Å². The summed E-state index contributed by atoms with van der Waals surface area (Å²) in [7, 11) is -2.50. The Balaban J connectivity index is 1.78. The van der Waals surface area contributed by atoms with Crippen molar-refractivity contribution in [3.05, 3.63) is 53.1 Å². The van der Waals surface area contributed by atoms with Crippen LogP contribution in [0.25, 0.3) is 0 Å². The Labute approximate surface area is 198 Å². The van der Waals surface area contributed by atoms with Gasteiger partial charge in [0.25, 0.3) is 5.91 Å². The van der Waals surface area contributed by atoms with Gasteiger partial charge < -0.3 is 14.8 Å². The van der Waals surface area contributed by atoms with Crippen LogP contribution in [0.2, 0.25) is 5.02 Å². The van der Waals surface area contributed by atoms with Gasteiger partial charge in [-0.25, -0.2) is 13.2 Å². The minimum Gasteiger partial charge on any atom is -0.495 e. The molecule has 2 aromatic carbocycles. The van der Waals surface area contributed by atoms with E-state index in [-0.39, 0.29) is 16.2 Å². The van der Waals surface area contributed by atoms with Crippen LogP contribution in [0.5, 0.6) is 5.75 Å². The molecule has 1 N–H and O–H groups in total. The molecule has 1 unspecified atom stereocenters. The van der Waals surface area contributed by atoms with E-state index < -0.39 is 28.0 Å². The summed E-state index contributed by atoms with van der Waals surface area (Å²) in [5.74, 6) is -1.26. The SMILES string of the molecule is COc1ccc(C(=O)OC(C)C(=O)Nc2ccccc2Cl)cc1S(=O)(=O)N1CCCCCC1. The number of sulfonamides is 1. The van der Waals surface area contributed by atoms with Crippen molar-refractivity contribution in [1.29, 1.82) is 0 Å². The van der Waals surface area contributed by atoms with E-state index >= 15 is 0 Å². The summed E-state index contributed by atoms with van der Waals surface area (Å²) in [5.41, 5.74) is 0.393. The van der Waals surface area contributed by atoms with E-state index in [0.29, 0.717) is 23.8 Å². The Hall–Kier alpha value is -2.62. The molecule has 0 aliphatic carbocycles. The molecule has 1 saturated heterocycles. The summed E-state index contributed by atoms with van der Waals surface area (Å²) in [6, 6.07) is 10.7. The Morgan fingerprint density at radius 2 is 1.73 bits per heavy atom. The van der Waals surface area contributed by atoms with Crippen LogP contribution in [0.15, 0.2) is 47.4 Å². The van der Waals surface area contributed by atoms with Gasteiger partial charge in [-0.3, -0.25) is 4.79 Å². The third kappa shape index (κ3) is 6.04. The van der Waals surface area contributed by atoms with Gasteiger partial charge in [0, 0.05) is 13.1 Å². The second kappa shape index (κ2) is 11.0. The van der Waals surface area contributed by atoms with Crippen LogP contribution < -0.4 is 10.1 Å². The Morgan fingerprint density at radius 1 is 1.06 bits per heavy atom. The number of carbonyl (C=O) groups is 2. The van der Waals surface area contributed by atoms with Gasteiger partial charge in [0.1, 0.15) is 10.6 Å². The van der Waals surface area contributed by atoms with Crippen LogP contribution in [-0.2, 0) is 19.6 Å².